The second-order valence-corrected chi connectivity index (χ2v) is 7.25. The first-order valence-electron chi connectivity index (χ1n) is 9.40. The van der Waals surface area contributed by atoms with Crippen LogP contribution in [0.25, 0.3) is 6.08 Å². The van der Waals surface area contributed by atoms with Gasteiger partial charge in [0.25, 0.3) is 0 Å². The highest BCUT2D eigenvalue weighted by atomic mass is 79.9. The average molecular weight is 394 g/mol. The summed E-state index contributed by atoms with van der Waals surface area (Å²) in [4.78, 5) is 14.6. The van der Waals surface area contributed by atoms with Crippen LogP contribution >= 0.6 is 15.9 Å². The molecule has 0 aromatic heterocycles. The van der Waals surface area contributed by atoms with Gasteiger partial charge in [-0.15, -0.1) is 0 Å². The Morgan fingerprint density at radius 2 is 1.46 bits per heavy atom. The molecule has 0 aliphatic rings. The van der Waals surface area contributed by atoms with Gasteiger partial charge < -0.3 is 4.90 Å². The Bertz CT molecular complexity index is 469. The van der Waals surface area contributed by atoms with E-state index in [1.807, 2.05) is 35.2 Å². The van der Waals surface area contributed by atoms with Crippen LogP contribution in [0.4, 0.5) is 0 Å². The zero-order valence-electron chi connectivity index (χ0n) is 15.3. The quantitative estimate of drug-likeness (QED) is 0.295. The summed E-state index contributed by atoms with van der Waals surface area (Å²) in [6, 6.07) is 8.02. The molecule has 0 spiro atoms. The summed E-state index contributed by atoms with van der Waals surface area (Å²) < 4.78 is 1.06. The predicted molar refractivity (Wildman–Crippen MR) is 108 cm³/mol. The number of halogens is 1. The number of unbranched alkanes of at least 4 members (excludes halogenated alkanes) is 6. The summed E-state index contributed by atoms with van der Waals surface area (Å²) in [5, 5.41) is 0. The summed E-state index contributed by atoms with van der Waals surface area (Å²) in [5.41, 5.74) is 1.06. The van der Waals surface area contributed by atoms with E-state index in [1.165, 1.54) is 38.5 Å². The SMILES string of the molecule is CCCCCCN(CCCCCC)C(=O)/C=C/c1ccc(Br)cc1. The van der Waals surface area contributed by atoms with E-state index in [0.29, 0.717) is 0 Å². The Morgan fingerprint density at radius 1 is 0.917 bits per heavy atom. The molecular weight excluding hydrogens is 362 g/mol. The lowest BCUT2D eigenvalue weighted by Gasteiger charge is -2.21. The summed E-state index contributed by atoms with van der Waals surface area (Å²) >= 11 is 3.43. The maximum Gasteiger partial charge on any atom is 0.246 e. The fraction of sp³-hybridized carbons (Fsp3) is 0.571. The smallest absolute Gasteiger partial charge is 0.246 e. The number of carbonyl (C=O) groups is 1. The van der Waals surface area contributed by atoms with Crippen molar-refractivity contribution in [1.82, 2.24) is 4.90 Å². The monoisotopic (exact) mass is 393 g/mol. The minimum absolute atomic E-state index is 0.144. The number of amides is 1. The van der Waals surface area contributed by atoms with Gasteiger partial charge in [-0.1, -0.05) is 80.4 Å². The first kappa shape index (κ1) is 21.0. The van der Waals surface area contributed by atoms with E-state index in [4.69, 9.17) is 0 Å². The first-order chi connectivity index (χ1) is 11.7. The van der Waals surface area contributed by atoms with Crippen molar-refractivity contribution in [3.63, 3.8) is 0 Å². The maximum atomic E-state index is 12.5. The van der Waals surface area contributed by atoms with Crippen molar-refractivity contribution < 1.29 is 4.79 Å². The van der Waals surface area contributed by atoms with E-state index in [2.05, 4.69) is 29.8 Å². The average Bonchev–Trinajstić information content (AvgIpc) is 2.59. The van der Waals surface area contributed by atoms with Crippen molar-refractivity contribution in [3.05, 3.63) is 40.4 Å². The number of benzene rings is 1. The van der Waals surface area contributed by atoms with Gasteiger partial charge in [0.05, 0.1) is 0 Å². The molecule has 1 aromatic carbocycles. The molecule has 0 N–H and O–H groups in total. The van der Waals surface area contributed by atoms with Crippen molar-refractivity contribution >= 4 is 27.9 Å². The number of nitrogens with zero attached hydrogens (tertiary/aromatic N) is 1. The molecule has 24 heavy (non-hydrogen) atoms. The molecule has 0 aliphatic carbocycles. The van der Waals surface area contributed by atoms with E-state index in [9.17, 15) is 4.79 Å². The molecule has 0 atom stereocenters. The van der Waals surface area contributed by atoms with Crippen LogP contribution in [0.2, 0.25) is 0 Å². The molecule has 2 nitrogen and oxygen atoms in total. The van der Waals surface area contributed by atoms with Crippen LogP contribution in [-0.4, -0.2) is 23.9 Å². The summed E-state index contributed by atoms with van der Waals surface area (Å²) in [5.74, 6) is 0.144. The minimum atomic E-state index is 0.144. The van der Waals surface area contributed by atoms with Gasteiger partial charge in [0.15, 0.2) is 0 Å². The number of hydrogen-bond donors (Lipinski definition) is 0. The molecule has 0 radical (unpaired) electrons. The molecule has 1 aromatic rings. The number of carbonyl (C=O) groups excluding carboxylic acids is 1. The molecule has 0 unspecified atom stereocenters. The van der Waals surface area contributed by atoms with Crippen LogP contribution in [0.1, 0.15) is 70.8 Å². The van der Waals surface area contributed by atoms with Gasteiger partial charge in [0, 0.05) is 23.6 Å². The van der Waals surface area contributed by atoms with Crippen LogP contribution in [0, 0.1) is 0 Å². The van der Waals surface area contributed by atoms with Crippen LogP contribution < -0.4 is 0 Å². The van der Waals surface area contributed by atoms with Crippen molar-refractivity contribution in [2.45, 2.75) is 65.2 Å². The van der Waals surface area contributed by atoms with Crippen LogP contribution in [-0.2, 0) is 4.79 Å². The summed E-state index contributed by atoms with van der Waals surface area (Å²) in [6.07, 6.45) is 13.3. The maximum absolute atomic E-state index is 12.5. The Hall–Kier alpha value is -1.09. The fourth-order valence-corrected chi connectivity index (χ4v) is 2.90. The fourth-order valence-electron chi connectivity index (χ4n) is 2.64. The van der Waals surface area contributed by atoms with Gasteiger partial charge in [-0.3, -0.25) is 4.79 Å². The van der Waals surface area contributed by atoms with Gasteiger partial charge in [0.2, 0.25) is 5.91 Å². The van der Waals surface area contributed by atoms with E-state index >= 15 is 0 Å². The standard InChI is InChI=1S/C21H32BrNO/c1-3-5-7-9-17-23(18-10-8-6-4-2)21(24)16-13-19-11-14-20(22)15-12-19/h11-16H,3-10,17-18H2,1-2H3/b16-13+. The summed E-state index contributed by atoms with van der Waals surface area (Å²) in [7, 11) is 0. The second kappa shape index (κ2) is 13.2. The Balaban J connectivity index is 2.54. The highest BCUT2D eigenvalue weighted by molar-refractivity contribution is 9.10. The van der Waals surface area contributed by atoms with E-state index in [1.54, 1.807) is 6.08 Å². The van der Waals surface area contributed by atoms with Gasteiger partial charge in [-0.25, -0.2) is 0 Å². The van der Waals surface area contributed by atoms with Crippen molar-refractivity contribution in [1.29, 1.82) is 0 Å². The zero-order valence-corrected chi connectivity index (χ0v) is 16.9. The Morgan fingerprint density at radius 3 is 1.96 bits per heavy atom. The number of hydrogen-bond acceptors (Lipinski definition) is 1. The lowest BCUT2D eigenvalue weighted by atomic mass is 10.1. The van der Waals surface area contributed by atoms with E-state index in [-0.39, 0.29) is 5.91 Å². The third kappa shape index (κ3) is 9.27. The highest BCUT2D eigenvalue weighted by Crippen LogP contribution is 2.12. The van der Waals surface area contributed by atoms with Gasteiger partial charge >= 0.3 is 0 Å². The van der Waals surface area contributed by atoms with Gasteiger partial charge in [-0.2, -0.15) is 0 Å². The molecule has 0 fully saturated rings. The van der Waals surface area contributed by atoms with Crippen molar-refractivity contribution in [2.75, 3.05) is 13.1 Å². The van der Waals surface area contributed by atoms with E-state index in [0.717, 1.165) is 36.0 Å². The van der Waals surface area contributed by atoms with Crippen LogP contribution in [0.15, 0.2) is 34.8 Å². The van der Waals surface area contributed by atoms with Crippen molar-refractivity contribution in [3.8, 4) is 0 Å². The third-order valence-corrected chi connectivity index (χ3v) is 4.69. The normalized spacial score (nSPS) is 11.1. The molecule has 3 heteroatoms. The molecule has 0 saturated carbocycles. The van der Waals surface area contributed by atoms with E-state index < -0.39 is 0 Å². The predicted octanol–water partition coefficient (Wildman–Crippen LogP) is 6.45. The third-order valence-electron chi connectivity index (χ3n) is 4.16. The first-order valence-corrected chi connectivity index (χ1v) is 10.2. The topological polar surface area (TPSA) is 20.3 Å². The lowest BCUT2D eigenvalue weighted by molar-refractivity contribution is -0.126. The Labute approximate surface area is 156 Å². The molecule has 134 valence electrons. The van der Waals surface area contributed by atoms with Crippen molar-refractivity contribution in [2.24, 2.45) is 0 Å². The molecule has 0 saturated heterocycles. The number of rotatable bonds is 12. The summed E-state index contributed by atoms with van der Waals surface area (Å²) in [6.45, 7) is 6.20. The highest BCUT2D eigenvalue weighted by Gasteiger charge is 2.09. The molecule has 0 aliphatic heterocycles. The van der Waals surface area contributed by atoms with Gasteiger partial charge in [-0.05, 0) is 36.6 Å². The molecular formula is C21H32BrNO. The van der Waals surface area contributed by atoms with Crippen LogP contribution in [0.5, 0.6) is 0 Å². The molecule has 1 rings (SSSR count). The lowest BCUT2D eigenvalue weighted by Crippen LogP contribution is -2.31. The van der Waals surface area contributed by atoms with Gasteiger partial charge in [0.1, 0.15) is 0 Å². The molecule has 1 amide bonds. The Kier molecular flexibility index (Phi) is 11.5. The molecule has 0 bridgehead atoms. The second-order valence-electron chi connectivity index (χ2n) is 6.33. The zero-order chi connectivity index (χ0) is 17.6. The van der Waals surface area contributed by atoms with Crippen LogP contribution in [0.3, 0.4) is 0 Å². The minimum Gasteiger partial charge on any atom is -0.339 e. The molecule has 0 heterocycles. The largest absolute Gasteiger partial charge is 0.339 e.